The number of quaternary nitrogens is 1. The number of unbranched alkanes of at least 4 members (excludes halogenated alkanes) is 30. The van der Waals surface area contributed by atoms with E-state index in [1.165, 1.54) is 180 Å². The molecule has 0 aromatic heterocycles. The van der Waals surface area contributed by atoms with Gasteiger partial charge >= 0.3 is 7.82 Å². The van der Waals surface area contributed by atoms with Gasteiger partial charge in [0.25, 0.3) is 0 Å². The van der Waals surface area contributed by atoms with E-state index < -0.39 is 20.0 Å². The molecule has 0 spiro atoms. The lowest BCUT2D eigenvalue weighted by Crippen LogP contribution is -2.45. The number of likely N-dealkylation sites (N-methyl/N-ethyl adjacent to an activating group) is 1. The van der Waals surface area contributed by atoms with Gasteiger partial charge in [-0.25, -0.2) is 4.57 Å². The molecule has 0 radical (unpaired) electrons. The predicted molar refractivity (Wildman–Crippen MR) is 290 cm³/mol. The van der Waals surface area contributed by atoms with E-state index in [0.717, 1.165) is 51.4 Å². The molecule has 9 heteroatoms. The molecule has 0 heterocycles. The van der Waals surface area contributed by atoms with Crippen molar-refractivity contribution in [3.05, 3.63) is 60.8 Å². The molecule has 0 saturated heterocycles. The van der Waals surface area contributed by atoms with E-state index in [9.17, 15) is 19.4 Å². The Morgan fingerprint density at radius 1 is 0.507 bits per heavy atom. The van der Waals surface area contributed by atoms with Gasteiger partial charge in [0.05, 0.1) is 39.9 Å². The van der Waals surface area contributed by atoms with Crippen LogP contribution in [-0.4, -0.2) is 73.4 Å². The van der Waals surface area contributed by atoms with Crippen molar-refractivity contribution in [2.24, 2.45) is 0 Å². The largest absolute Gasteiger partial charge is 0.472 e. The zero-order valence-corrected chi connectivity index (χ0v) is 45.5. The third-order valence-corrected chi connectivity index (χ3v) is 13.4. The van der Waals surface area contributed by atoms with E-state index in [1.54, 1.807) is 6.08 Å². The molecule has 0 aromatic carbocycles. The van der Waals surface area contributed by atoms with Crippen LogP contribution < -0.4 is 5.32 Å². The number of allylic oxidation sites excluding steroid dienone is 9. The van der Waals surface area contributed by atoms with Gasteiger partial charge in [-0.05, 0) is 77.0 Å². The highest BCUT2D eigenvalue weighted by atomic mass is 31.2. The fourth-order valence-corrected chi connectivity index (χ4v) is 8.72. The number of carbonyl (C=O) groups excluding carboxylic acids is 1. The first-order chi connectivity index (χ1) is 32.5. The van der Waals surface area contributed by atoms with Crippen LogP contribution in [0, 0.1) is 0 Å². The van der Waals surface area contributed by atoms with Crippen molar-refractivity contribution in [1.82, 2.24) is 5.32 Å². The predicted octanol–water partition coefficient (Wildman–Crippen LogP) is 16.9. The van der Waals surface area contributed by atoms with Gasteiger partial charge in [-0.15, -0.1) is 0 Å². The fourth-order valence-electron chi connectivity index (χ4n) is 7.99. The third-order valence-electron chi connectivity index (χ3n) is 12.4. The quantitative estimate of drug-likeness (QED) is 0.0243. The minimum atomic E-state index is -4.36. The maximum atomic E-state index is 13.0. The standard InChI is InChI=1S/C58H109N2O6P/c1-6-8-10-12-14-16-18-20-22-24-26-28-29-30-31-32-34-36-38-40-42-44-46-48-50-52-58(62)59-56(55-66-67(63,64)65-54-53-60(3,4)5)57(61)51-49-47-45-43-41-39-37-35-33-27-25-23-21-19-17-15-13-11-9-7-2/h26,28,30-31,33,35,41,43,49,51,56-57,61H,6-25,27,29,32,34,36-40,42,44-48,50,52-55H2,1-5H3,(H-,59,62,63,64)/p+1/b28-26-,31-30-,35-33+,43-41+,51-49+. The molecular weight excluding hydrogens is 852 g/mol. The number of phosphoric ester groups is 1. The third kappa shape index (κ3) is 51.9. The van der Waals surface area contributed by atoms with Crippen molar-refractivity contribution in [3.63, 3.8) is 0 Å². The Hall–Kier alpha value is -1.80. The molecule has 67 heavy (non-hydrogen) atoms. The summed E-state index contributed by atoms with van der Waals surface area (Å²) in [6, 6.07) is -0.875. The van der Waals surface area contributed by atoms with Crippen LogP contribution in [0.2, 0.25) is 0 Å². The van der Waals surface area contributed by atoms with Crippen LogP contribution in [-0.2, 0) is 18.4 Å². The van der Waals surface area contributed by atoms with E-state index in [0.29, 0.717) is 17.4 Å². The van der Waals surface area contributed by atoms with Gasteiger partial charge in [-0.3, -0.25) is 13.8 Å². The van der Waals surface area contributed by atoms with Crippen LogP contribution in [0.15, 0.2) is 60.8 Å². The number of hydrogen-bond acceptors (Lipinski definition) is 5. The fraction of sp³-hybridized carbons (Fsp3) is 0.810. The molecule has 0 rings (SSSR count). The van der Waals surface area contributed by atoms with E-state index in [1.807, 2.05) is 27.2 Å². The van der Waals surface area contributed by atoms with Gasteiger partial charge in [0.15, 0.2) is 0 Å². The highest BCUT2D eigenvalue weighted by molar-refractivity contribution is 7.47. The number of amides is 1. The minimum Gasteiger partial charge on any atom is -0.387 e. The van der Waals surface area contributed by atoms with E-state index in [-0.39, 0.29) is 19.1 Å². The van der Waals surface area contributed by atoms with Gasteiger partial charge in [0.1, 0.15) is 13.2 Å². The minimum absolute atomic E-state index is 0.0509. The summed E-state index contributed by atoms with van der Waals surface area (Å²) in [7, 11) is 1.54. The molecule has 3 unspecified atom stereocenters. The lowest BCUT2D eigenvalue weighted by Gasteiger charge is -2.25. The Bertz CT molecular complexity index is 1270. The number of carbonyl (C=O) groups is 1. The molecule has 0 bridgehead atoms. The van der Waals surface area contributed by atoms with Crippen molar-refractivity contribution < 1.29 is 32.9 Å². The molecule has 0 aliphatic carbocycles. The molecule has 1 amide bonds. The molecule has 3 atom stereocenters. The molecule has 392 valence electrons. The van der Waals surface area contributed by atoms with Crippen molar-refractivity contribution in [2.45, 2.75) is 264 Å². The number of rotatable bonds is 51. The Morgan fingerprint density at radius 2 is 0.866 bits per heavy atom. The van der Waals surface area contributed by atoms with Gasteiger partial charge in [-0.1, -0.05) is 229 Å². The van der Waals surface area contributed by atoms with Crippen LogP contribution in [0.4, 0.5) is 0 Å². The summed E-state index contributed by atoms with van der Waals surface area (Å²) in [6.07, 6.45) is 66.0. The number of phosphoric acid groups is 1. The summed E-state index contributed by atoms with van der Waals surface area (Å²) in [6.45, 7) is 4.80. The van der Waals surface area contributed by atoms with Crippen molar-refractivity contribution in [3.8, 4) is 0 Å². The second-order valence-electron chi connectivity index (χ2n) is 20.3. The first kappa shape index (κ1) is 65.2. The second-order valence-corrected chi connectivity index (χ2v) is 21.7. The highest BCUT2D eigenvalue weighted by Gasteiger charge is 2.27. The summed E-state index contributed by atoms with van der Waals surface area (Å²) >= 11 is 0. The molecular formula is C58H110N2O6P+. The van der Waals surface area contributed by atoms with Gasteiger partial charge in [0, 0.05) is 6.42 Å². The summed E-state index contributed by atoms with van der Waals surface area (Å²) < 4.78 is 23.7. The van der Waals surface area contributed by atoms with Gasteiger partial charge in [0.2, 0.25) is 5.91 Å². The second kappa shape index (κ2) is 49.2. The van der Waals surface area contributed by atoms with E-state index >= 15 is 0 Å². The van der Waals surface area contributed by atoms with Crippen molar-refractivity contribution in [2.75, 3.05) is 40.9 Å². The van der Waals surface area contributed by atoms with E-state index in [4.69, 9.17) is 9.05 Å². The Balaban J connectivity index is 4.31. The van der Waals surface area contributed by atoms with Gasteiger partial charge < -0.3 is 19.8 Å². The molecule has 0 fully saturated rings. The Labute approximate surface area is 415 Å². The first-order valence-corrected chi connectivity index (χ1v) is 29.7. The van der Waals surface area contributed by atoms with Crippen LogP contribution in [0.1, 0.15) is 251 Å². The maximum Gasteiger partial charge on any atom is 0.472 e. The Kier molecular flexibility index (Phi) is 47.9. The monoisotopic (exact) mass is 962 g/mol. The lowest BCUT2D eigenvalue weighted by molar-refractivity contribution is -0.870. The summed E-state index contributed by atoms with van der Waals surface area (Å²) in [5.74, 6) is -0.195. The molecule has 0 aromatic rings. The number of aliphatic hydroxyl groups is 1. The molecule has 0 aliphatic heterocycles. The average molecular weight is 962 g/mol. The zero-order valence-electron chi connectivity index (χ0n) is 44.6. The number of nitrogens with zero attached hydrogens (tertiary/aromatic N) is 1. The highest BCUT2D eigenvalue weighted by Crippen LogP contribution is 2.43. The van der Waals surface area contributed by atoms with Gasteiger partial charge in [-0.2, -0.15) is 0 Å². The van der Waals surface area contributed by atoms with Crippen LogP contribution in [0.5, 0.6) is 0 Å². The number of aliphatic hydroxyl groups excluding tert-OH is 1. The topological polar surface area (TPSA) is 105 Å². The molecule has 8 nitrogen and oxygen atoms in total. The van der Waals surface area contributed by atoms with Crippen LogP contribution in [0.3, 0.4) is 0 Å². The first-order valence-electron chi connectivity index (χ1n) is 28.2. The summed E-state index contributed by atoms with van der Waals surface area (Å²) in [5, 5.41) is 13.9. The summed E-state index contributed by atoms with van der Waals surface area (Å²) in [4.78, 5) is 23.3. The summed E-state index contributed by atoms with van der Waals surface area (Å²) in [5.41, 5.74) is 0. The molecule has 0 saturated carbocycles. The molecule has 0 aliphatic rings. The average Bonchev–Trinajstić information content (AvgIpc) is 3.29. The van der Waals surface area contributed by atoms with Crippen molar-refractivity contribution in [1.29, 1.82) is 0 Å². The molecule has 3 N–H and O–H groups in total. The number of nitrogens with one attached hydrogen (secondary N) is 1. The Morgan fingerprint density at radius 3 is 1.28 bits per heavy atom. The number of hydrogen-bond donors (Lipinski definition) is 3. The van der Waals surface area contributed by atoms with E-state index in [2.05, 4.69) is 67.8 Å². The van der Waals surface area contributed by atoms with Crippen LogP contribution >= 0.6 is 7.82 Å². The SMILES string of the molecule is CCCCCCCCCCC/C=C\C/C=C\CCCCCCCCCCCC(=O)NC(COP(=O)(O)OCC[N+](C)(C)C)C(O)/C=C/CC/C=C/CC/C=C/CCCCCCCCCCCC. The normalized spacial score (nSPS) is 14.4. The zero-order chi connectivity index (χ0) is 49.2. The van der Waals surface area contributed by atoms with Crippen molar-refractivity contribution >= 4 is 13.7 Å². The van der Waals surface area contributed by atoms with Crippen LogP contribution in [0.25, 0.3) is 0 Å². The smallest absolute Gasteiger partial charge is 0.387 e. The lowest BCUT2D eigenvalue weighted by atomic mass is 10.1. The maximum absolute atomic E-state index is 13.0.